The van der Waals surface area contributed by atoms with E-state index in [9.17, 15) is 4.39 Å². The second-order valence-electron chi connectivity index (χ2n) is 5.75. The van der Waals surface area contributed by atoms with Gasteiger partial charge < -0.3 is 10.2 Å². The maximum atomic E-state index is 13.0. The lowest BCUT2D eigenvalue weighted by molar-refractivity contribution is 0.232. The van der Waals surface area contributed by atoms with E-state index in [4.69, 9.17) is 11.6 Å². The Kier molecular flexibility index (Phi) is 5.57. The van der Waals surface area contributed by atoms with Crippen molar-refractivity contribution < 1.29 is 4.39 Å². The molecule has 0 saturated heterocycles. The van der Waals surface area contributed by atoms with Gasteiger partial charge in [0.2, 0.25) is 0 Å². The summed E-state index contributed by atoms with van der Waals surface area (Å²) >= 11 is 5.74. The van der Waals surface area contributed by atoms with Gasteiger partial charge in [-0.1, -0.05) is 31.5 Å². The molecular formula is C14H22ClFN2. The fourth-order valence-corrected chi connectivity index (χ4v) is 2.31. The first-order valence-electron chi connectivity index (χ1n) is 6.09. The molecule has 18 heavy (non-hydrogen) atoms. The molecule has 0 heterocycles. The summed E-state index contributed by atoms with van der Waals surface area (Å²) in [6, 6.07) is 4.83. The summed E-state index contributed by atoms with van der Waals surface area (Å²) in [4.78, 5) is 2.18. The Balaban J connectivity index is 2.43. The first-order chi connectivity index (χ1) is 8.30. The molecule has 1 aromatic rings. The van der Waals surface area contributed by atoms with Crippen molar-refractivity contribution in [1.82, 2.24) is 10.2 Å². The highest BCUT2D eigenvalue weighted by molar-refractivity contribution is 6.30. The van der Waals surface area contributed by atoms with Crippen LogP contribution in [0.5, 0.6) is 0 Å². The first-order valence-corrected chi connectivity index (χ1v) is 6.47. The summed E-state index contributed by atoms with van der Waals surface area (Å²) in [5.41, 5.74) is 1.20. The molecule has 1 N–H and O–H groups in total. The number of nitrogens with one attached hydrogen (secondary N) is 1. The molecule has 0 unspecified atom stereocenters. The lowest BCUT2D eigenvalue weighted by Gasteiger charge is -2.28. The molecule has 0 aromatic heterocycles. The van der Waals surface area contributed by atoms with E-state index >= 15 is 0 Å². The van der Waals surface area contributed by atoms with Gasteiger partial charge in [0.1, 0.15) is 5.82 Å². The predicted molar refractivity (Wildman–Crippen MR) is 75.5 cm³/mol. The van der Waals surface area contributed by atoms with Crippen LogP contribution in [0, 0.1) is 11.2 Å². The topological polar surface area (TPSA) is 15.3 Å². The fourth-order valence-electron chi connectivity index (χ4n) is 2.11. The van der Waals surface area contributed by atoms with Crippen LogP contribution in [0.3, 0.4) is 0 Å². The zero-order valence-corrected chi connectivity index (χ0v) is 12.3. The smallest absolute Gasteiger partial charge is 0.141 e. The van der Waals surface area contributed by atoms with Crippen molar-refractivity contribution in [2.75, 3.05) is 27.2 Å². The largest absolute Gasteiger partial charge is 0.312 e. The normalized spacial score (nSPS) is 12.2. The van der Waals surface area contributed by atoms with Gasteiger partial charge in [0, 0.05) is 19.6 Å². The highest BCUT2D eigenvalue weighted by Gasteiger charge is 2.18. The van der Waals surface area contributed by atoms with Crippen LogP contribution in [0.15, 0.2) is 18.2 Å². The third kappa shape index (κ3) is 5.34. The molecule has 0 aliphatic heterocycles. The molecule has 1 aromatic carbocycles. The average Bonchev–Trinajstić information content (AvgIpc) is 2.21. The van der Waals surface area contributed by atoms with Crippen molar-refractivity contribution >= 4 is 11.6 Å². The Morgan fingerprint density at radius 2 is 2.00 bits per heavy atom. The minimum Gasteiger partial charge on any atom is -0.312 e. The van der Waals surface area contributed by atoms with Crippen LogP contribution >= 0.6 is 11.6 Å². The molecule has 0 fully saturated rings. The van der Waals surface area contributed by atoms with Gasteiger partial charge in [-0.15, -0.1) is 0 Å². The summed E-state index contributed by atoms with van der Waals surface area (Å²) in [5.74, 6) is -0.367. The molecule has 4 heteroatoms. The van der Waals surface area contributed by atoms with Crippen molar-refractivity contribution in [1.29, 1.82) is 0 Å². The van der Waals surface area contributed by atoms with Crippen LogP contribution in [0.2, 0.25) is 5.02 Å². The van der Waals surface area contributed by atoms with Crippen LogP contribution in [-0.2, 0) is 6.54 Å². The number of hydrogen-bond acceptors (Lipinski definition) is 2. The SMILES string of the molecule is CN(C)CC(C)(C)CNCc1ccc(F)c(Cl)c1. The maximum absolute atomic E-state index is 13.0. The third-order valence-corrected chi connectivity index (χ3v) is 2.95. The van der Waals surface area contributed by atoms with E-state index < -0.39 is 0 Å². The van der Waals surface area contributed by atoms with Crippen molar-refractivity contribution in [3.8, 4) is 0 Å². The lowest BCUT2D eigenvalue weighted by atomic mass is 9.93. The summed E-state index contributed by atoms with van der Waals surface area (Å²) in [6.07, 6.45) is 0. The summed E-state index contributed by atoms with van der Waals surface area (Å²) < 4.78 is 13.0. The van der Waals surface area contributed by atoms with Crippen LogP contribution < -0.4 is 5.32 Å². The molecular weight excluding hydrogens is 251 g/mol. The molecule has 0 radical (unpaired) electrons. The molecule has 0 aliphatic carbocycles. The van der Waals surface area contributed by atoms with Gasteiger partial charge in [0.15, 0.2) is 0 Å². The Morgan fingerprint density at radius 3 is 2.56 bits per heavy atom. The molecule has 0 atom stereocenters. The number of benzene rings is 1. The highest BCUT2D eigenvalue weighted by atomic mass is 35.5. The van der Waals surface area contributed by atoms with Crippen molar-refractivity contribution in [3.05, 3.63) is 34.6 Å². The van der Waals surface area contributed by atoms with Crippen LogP contribution in [0.1, 0.15) is 19.4 Å². The molecule has 0 amide bonds. The van der Waals surface area contributed by atoms with E-state index in [1.165, 1.54) is 6.07 Å². The summed E-state index contributed by atoms with van der Waals surface area (Å²) in [7, 11) is 4.14. The van der Waals surface area contributed by atoms with Crippen molar-refractivity contribution in [2.24, 2.45) is 5.41 Å². The van der Waals surface area contributed by atoms with Crippen LogP contribution in [0.4, 0.5) is 4.39 Å². The Morgan fingerprint density at radius 1 is 1.33 bits per heavy atom. The summed E-state index contributed by atoms with van der Waals surface area (Å²) in [5, 5.41) is 3.57. The Bertz CT molecular complexity index is 391. The molecule has 0 saturated carbocycles. The molecule has 102 valence electrons. The van der Waals surface area contributed by atoms with E-state index in [1.807, 2.05) is 0 Å². The van der Waals surface area contributed by atoms with Gasteiger partial charge in [-0.3, -0.25) is 0 Å². The molecule has 2 nitrogen and oxygen atoms in total. The Hall–Kier alpha value is -0.640. The van der Waals surface area contributed by atoms with Gasteiger partial charge in [0.25, 0.3) is 0 Å². The van der Waals surface area contributed by atoms with E-state index in [-0.39, 0.29) is 16.3 Å². The standard InChI is InChI=1S/C14H22ClFN2/c1-14(2,10-18(3)4)9-17-8-11-5-6-13(16)12(15)7-11/h5-7,17H,8-10H2,1-4H3. The van der Waals surface area contributed by atoms with Gasteiger partial charge >= 0.3 is 0 Å². The lowest BCUT2D eigenvalue weighted by Crippen LogP contribution is -2.37. The van der Waals surface area contributed by atoms with Crippen molar-refractivity contribution in [3.63, 3.8) is 0 Å². The van der Waals surface area contributed by atoms with Crippen LogP contribution in [0.25, 0.3) is 0 Å². The fraction of sp³-hybridized carbons (Fsp3) is 0.571. The number of nitrogens with zero attached hydrogens (tertiary/aromatic N) is 1. The molecule has 0 spiro atoms. The van der Waals surface area contributed by atoms with Gasteiger partial charge in [-0.2, -0.15) is 0 Å². The minimum atomic E-state index is -0.367. The van der Waals surface area contributed by atoms with E-state index in [0.29, 0.717) is 6.54 Å². The molecule has 0 bridgehead atoms. The second kappa shape index (κ2) is 6.50. The minimum absolute atomic E-state index is 0.182. The summed E-state index contributed by atoms with van der Waals surface area (Å²) in [6.45, 7) is 7.07. The number of halogens is 2. The van der Waals surface area contributed by atoms with E-state index in [2.05, 4.69) is 38.2 Å². The van der Waals surface area contributed by atoms with Gasteiger partial charge in [-0.25, -0.2) is 4.39 Å². The number of rotatable bonds is 6. The second-order valence-corrected chi connectivity index (χ2v) is 6.16. The highest BCUT2D eigenvalue weighted by Crippen LogP contribution is 2.17. The van der Waals surface area contributed by atoms with E-state index in [0.717, 1.165) is 18.7 Å². The Labute approximate surface area is 114 Å². The predicted octanol–water partition coefficient (Wildman–Crippen LogP) is 3.16. The average molecular weight is 273 g/mol. The molecule has 1 rings (SSSR count). The van der Waals surface area contributed by atoms with Gasteiger partial charge in [0.05, 0.1) is 5.02 Å². The van der Waals surface area contributed by atoms with E-state index in [1.54, 1.807) is 12.1 Å². The quantitative estimate of drug-likeness (QED) is 0.856. The van der Waals surface area contributed by atoms with Gasteiger partial charge in [-0.05, 0) is 37.2 Å². The zero-order valence-electron chi connectivity index (χ0n) is 11.6. The molecule has 0 aliphatic rings. The monoisotopic (exact) mass is 272 g/mol. The first kappa shape index (κ1) is 15.4. The van der Waals surface area contributed by atoms with Crippen LogP contribution in [-0.4, -0.2) is 32.1 Å². The van der Waals surface area contributed by atoms with Crippen molar-refractivity contribution in [2.45, 2.75) is 20.4 Å². The zero-order chi connectivity index (χ0) is 13.8. The maximum Gasteiger partial charge on any atom is 0.141 e. The number of hydrogen-bond donors (Lipinski definition) is 1. The third-order valence-electron chi connectivity index (χ3n) is 2.66.